The minimum absolute atomic E-state index is 0.333. The lowest BCUT2D eigenvalue weighted by molar-refractivity contribution is 0.494. The largest absolute Gasteiger partial charge is 0.388 e. The summed E-state index contributed by atoms with van der Waals surface area (Å²) in [4.78, 5) is 4.52. The average Bonchev–Trinajstić information content (AvgIpc) is 2.28. The number of aromatic nitrogens is 1. The quantitative estimate of drug-likeness (QED) is 0.773. The van der Waals surface area contributed by atoms with E-state index in [1.165, 1.54) is 0 Å². The van der Waals surface area contributed by atoms with Crippen molar-refractivity contribution in [3.63, 3.8) is 0 Å². The van der Waals surface area contributed by atoms with Crippen molar-refractivity contribution in [3.05, 3.63) is 24.0 Å². The maximum Gasteiger partial charge on any atom is 0.124 e. The Bertz CT molecular complexity index is 365. The summed E-state index contributed by atoms with van der Waals surface area (Å²) in [5.74, 6) is 0.597. The second-order valence-corrected chi connectivity index (χ2v) is 4.52. The van der Waals surface area contributed by atoms with E-state index in [-0.39, 0.29) is 0 Å². The van der Waals surface area contributed by atoms with Gasteiger partial charge in [0.15, 0.2) is 0 Å². The highest BCUT2D eigenvalue weighted by molar-refractivity contribution is 7.80. The summed E-state index contributed by atoms with van der Waals surface area (Å²) in [7, 11) is 0. The Morgan fingerprint density at radius 3 is 2.81 bits per heavy atom. The fraction of sp³-hybridized carbons (Fsp3) is 0.500. The van der Waals surface area contributed by atoms with E-state index in [1.54, 1.807) is 6.20 Å². The van der Waals surface area contributed by atoms with Gasteiger partial charge in [-0.25, -0.2) is 0 Å². The Morgan fingerprint density at radius 2 is 2.25 bits per heavy atom. The zero-order chi connectivity index (χ0) is 12.1. The number of thiocarbonyl (C=S) groups is 1. The first kappa shape index (κ1) is 12.9. The molecule has 0 aliphatic carbocycles. The van der Waals surface area contributed by atoms with Crippen molar-refractivity contribution >= 4 is 22.9 Å². The third-order valence-electron chi connectivity index (χ3n) is 2.92. The van der Waals surface area contributed by atoms with Gasteiger partial charge < -0.3 is 11.1 Å². The average molecular weight is 237 g/mol. The maximum absolute atomic E-state index is 5.63. The molecule has 0 fully saturated rings. The van der Waals surface area contributed by atoms with Gasteiger partial charge in [-0.2, -0.15) is 0 Å². The van der Waals surface area contributed by atoms with Crippen LogP contribution in [0.2, 0.25) is 0 Å². The molecule has 0 saturated heterocycles. The third-order valence-corrected chi connectivity index (χ3v) is 3.12. The van der Waals surface area contributed by atoms with Crippen LogP contribution in [-0.4, -0.2) is 16.0 Å². The Balaban J connectivity index is 2.84. The number of nitrogens with two attached hydrogens (primary N) is 1. The van der Waals surface area contributed by atoms with Crippen LogP contribution in [0.4, 0.5) is 5.69 Å². The van der Waals surface area contributed by atoms with Crippen molar-refractivity contribution in [2.75, 3.05) is 5.32 Å². The first-order valence-corrected chi connectivity index (χ1v) is 5.98. The lowest BCUT2D eigenvalue weighted by atomic mass is 10.0. The fourth-order valence-electron chi connectivity index (χ4n) is 1.46. The normalized spacial score (nSPS) is 14.2. The van der Waals surface area contributed by atoms with Gasteiger partial charge in [-0.05, 0) is 25.0 Å². The molecule has 0 spiro atoms. The molecule has 3 nitrogen and oxygen atoms in total. The minimum atomic E-state index is 0.333. The van der Waals surface area contributed by atoms with Crippen LogP contribution in [0, 0.1) is 5.92 Å². The van der Waals surface area contributed by atoms with Gasteiger partial charge in [0.2, 0.25) is 0 Å². The Kier molecular flexibility index (Phi) is 4.68. The summed E-state index contributed by atoms with van der Waals surface area (Å²) in [6.07, 6.45) is 2.84. The number of anilines is 1. The Labute approximate surface area is 102 Å². The number of nitrogens with one attached hydrogen (secondary N) is 1. The van der Waals surface area contributed by atoms with Gasteiger partial charge in [-0.15, -0.1) is 0 Å². The van der Waals surface area contributed by atoms with Gasteiger partial charge in [0.25, 0.3) is 0 Å². The van der Waals surface area contributed by atoms with Crippen LogP contribution in [-0.2, 0) is 0 Å². The summed E-state index contributed by atoms with van der Waals surface area (Å²) in [6.45, 7) is 6.56. The van der Waals surface area contributed by atoms with E-state index >= 15 is 0 Å². The highest BCUT2D eigenvalue weighted by atomic mass is 32.1. The molecule has 2 unspecified atom stereocenters. The van der Waals surface area contributed by atoms with Gasteiger partial charge in [0, 0.05) is 12.2 Å². The molecule has 1 aromatic rings. The number of pyridine rings is 1. The molecule has 0 aliphatic heterocycles. The van der Waals surface area contributed by atoms with Crippen LogP contribution >= 0.6 is 12.2 Å². The van der Waals surface area contributed by atoms with E-state index < -0.39 is 0 Å². The standard InChI is InChI=1S/C12H19N3S/c1-4-8(2)9(3)15-10-6-5-7-14-11(10)12(13)16/h5-9,15H,4H2,1-3H3,(H2,13,16). The highest BCUT2D eigenvalue weighted by Gasteiger charge is 2.13. The minimum Gasteiger partial charge on any atom is -0.388 e. The molecule has 0 amide bonds. The van der Waals surface area contributed by atoms with Gasteiger partial charge in [-0.3, -0.25) is 4.98 Å². The van der Waals surface area contributed by atoms with E-state index in [0.717, 1.165) is 12.1 Å². The topological polar surface area (TPSA) is 50.9 Å². The molecular formula is C12H19N3S. The molecule has 3 N–H and O–H groups in total. The molecule has 4 heteroatoms. The highest BCUT2D eigenvalue weighted by Crippen LogP contribution is 2.17. The lowest BCUT2D eigenvalue weighted by Crippen LogP contribution is -2.25. The summed E-state index contributed by atoms with van der Waals surface area (Å²) in [5.41, 5.74) is 7.22. The van der Waals surface area contributed by atoms with Crippen LogP contribution in [0.3, 0.4) is 0 Å². The van der Waals surface area contributed by atoms with E-state index in [4.69, 9.17) is 18.0 Å². The van der Waals surface area contributed by atoms with Crippen molar-refractivity contribution in [1.29, 1.82) is 0 Å². The van der Waals surface area contributed by atoms with Crippen LogP contribution < -0.4 is 11.1 Å². The van der Waals surface area contributed by atoms with Gasteiger partial charge in [0.1, 0.15) is 10.7 Å². The van der Waals surface area contributed by atoms with Crippen molar-refractivity contribution in [1.82, 2.24) is 4.98 Å². The molecule has 0 aromatic carbocycles. The van der Waals surface area contributed by atoms with Crippen LogP contribution in [0.5, 0.6) is 0 Å². The molecular weight excluding hydrogens is 218 g/mol. The van der Waals surface area contributed by atoms with Crippen molar-refractivity contribution in [2.24, 2.45) is 11.7 Å². The summed E-state index contributed by atoms with van der Waals surface area (Å²) in [6, 6.07) is 4.22. The van der Waals surface area contributed by atoms with Crippen molar-refractivity contribution < 1.29 is 0 Å². The number of hydrogen-bond donors (Lipinski definition) is 2. The van der Waals surface area contributed by atoms with Crippen molar-refractivity contribution in [3.8, 4) is 0 Å². The first-order valence-electron chi connectivity index (χ1n) is 5.57. The van der Waals surface area contributed by atoms with E-state index in [9.17, 15) is 0 Å². The zero-order valence-corrected chi connectivity index (χ0v) is 10.8. The van der Waals surface area contributed by atoms with E-state index in [2.05, 4.69) is 31.1 Å². The first-order chi connectivity index (χ1) is 7.56. The monoisotopic (exact) mass is 237 g/mol. The predicted octanol–water partition coefficient (Wildman–Crippen LogP) is 2.56. The summed E-state index contributed by atoms with van der Waals surface area (Å²) in [5, 5.41) is 3.41. The van der Waals surface area contributed by atoms with E-state index in [1.807, 2.05) is 12.1 Å². The Hall–Kier alpha value is -1.16. The smallest absolute Gasteiger partial charge is 0.124 e. The Morgan fingerprint density at radius 1 is 1.56 bits per heavy atom. The lowest BCUT2D eigenvalue weighted by Gasteiger charge is -2.22. The molecule has 1 aromatic heterocycles. The summed E-state index contributed by atoms with van der Waals surface area (Å²) >= 11 is 4.97. The SMILES string of the molecule is CCC(C)C(C)Nc1cccnc1C(N)=S. The second-order valence-electron chi connectivity index (χ2n) is 4.08. The predicted molar refractivity (Wildman–Crippen MR) is 72.7 cm³/mol. The maximum atomic E-state index is 5.63. The van der Waals surface area contributed by atoms with Crippen LogP contribution in [0.15, 0.2) is 18.3 Å². The van der Waals surface area contributed by atoms with Gasteiger partial charge >= 0.3 is 0 Å². The summed E-state index contributed by atoms with van der Waals surface area (Å²) < 4.78 is 0. The molecule has 88 valence electrons. The third kappa shape index (κ3) is 3.17. The number of rotatable bonds is 5. The van der Waals surface area contributed by atoms with E-state index in [0.29, 0.717) is 22.6 Å². The molecule has 16 heavy (non-hydrogen) atoms. The zero-order valence-electron chi connectivity index (χ0n) is 10.0. The van der Waals surface area contributed by atoms with Crippen molar-refractivity contribution in [2.45, 2.75) is 33.2 Å². The fourth-order valence-corrected chi connectivity index (χ4v) is 1.62. The number of nitrogens with zero attached hydrogens (tertiary/aromatic N) is 1. The molecule has 0 saturated carbocycles. The molecule has 0 radical (unpaired) electrons. The van der Waals surface area contributed by atoms with Crippen LogP contribution in [0.1, 0.15) is 32.9 Å². The molecule has 0 aliphatic rings. The molecule has 0 bridgehead atoms. The second kappa shape index (κ2) is 5.80. The van der Waals surface area contributed by atoms with Crippen LogP contribution in [0.25, 0.3) is 0 Å². The molecule has 2 atom stereocenters. The molecule has 1 rings (SSSR count). The molecule has 1 heterocycles. The van der Waals surface area contributed by atoms with Gasteiger partial charge in [-0.1, -0.05) is 32.5 Å². The van der Waals surface area contributed by atoms with Gasteiger partial charge in [0.05, 0.1) is 5.69 Å². The number of hydrogen-bond acceptors (Lipinski definition) is 3.